The molecule has 0 saturated heterocycles. The van der Waals surface area contributed by atoms with Gasteiger partial charge in [-0.25, -0.2) is 0 Å². The lowest BCUT2D eigenvalue weighted by Gasteiger charge is -2.36. The summed E-state index contributed by atoms with van der Waals surface area (Å²) < 4.78 is 45.6. The number of hydrogen-bond acceptors (Lipinski definition) is 12. The van der Waals surface area contributed by atoms with Crippen LogP contribution in [-0.4, -0.2) is 75.2 Å². The summed E-state index contributed by atoms with van der Waals surface area (Å²) in [6.45, 7) is 6.75. The summed E-state index contributed by atoms with van der Waals surface area (Å²) >= 11 is 3.61. The van der Waals surface area contributed by atoms with E-state index in [9.17, 15) is 19.2 Å². The van der Waals surface area contributed by atoms with Crippen molar-refractivity contribution in [3.05, 3.63) is 57.6 Å². The van der Waals surface area contributed by atoms with E-state index >= 15 is 0 Å². The van der Waals surface area contributed by atoms with Gasteiger partial charge in [0.15, 0.2) is 30.0 Å². The smallest absolute Gasteiger partial charge is 0.303 e. The molecule has 0 saturated carbocycles. The first kappa shape index (κ1) is 34.8. The minimum Gasteiger partial charge on any atom is -0.486 e. The van der Waals surface area contributed by atoms with Crippen LogP contribution in [0.25, 0.3) is 0 Å². The summed E-state index contributed by atoms with van der Waals surface area (Å²) in [7, 11) is 1.42. The van der Waals surface area contributed by atoms with Crippen molar-refractivity contribution in [2.24, 2.45) is 0 Å². The zero-order valence-corrected chi connectivity index (χ0v) is 27.0. The molecule has 1 unspecified atom stereocenters. The lowest BCUT2D eigenvalue weighted by Crippen LogP contribution is -2.52. The summed E-state index contributed by atoms with van der Waals surface area (Å²) in [4.78, 5) is 47.8. The van der Waals surface area contributed by atoms with Gasteiger partial charge in [0.05, 0.1) is 0 Å². The molecule has 2 aromatic rings. The topological polar surface area (TPSA) is 142 Å². The fourth-order valence-corrected chi connectivity index (χ4v) is 5.02. The Hall–Kier alpha value is -3.68. The lowest BCUT2D eigenvalue weighted by atomic mass is 10.0. The van der Waals surface area contributed by atoms with E-state index in [1.807, 2.05) is 30.3 Å². The second-order valence-electron chi connectivity index (χ2n) is 10.0. The average molecular weight is 682 g/mol. The third kappa shape index (κ3) is 10.2. The van der Waals surface area contributed by atoms with E-state index in [0.717, 1.165) is 29.4 Å². The number of carbonyl (C=O) groups excluding carboxylic acids is 4. The first-order valence-corrected chi connectivity index (χ1v) is 14.7. The standard InChI is InChI=1S/C31H37BrO12/c1-17(41-19(3)34)29(42-20(4)35)30(43-21(5)36)28(16-40-18(2)33)44-31(37-6)23-8-9-25(32)24(15-23)13-22-7-10-26-27(14-22)39-12-11-38-26/h7-10,14-15,17,28-31H,11-13,16H2,1-6H3/t17-,28+,29+,30+,31?/m0/s1. The van der Waals surface area contributed by atoms with Crippen molar-refractivity contribution in [3.8, 4) is 11.5 Å². The number of ether oxygens (including phenoxy) is 8. The van der Waals surface area contributed by atoms with Crippen LogP contribution in [0.2, 0.25) is 0 Å². The van der Waals surface area contributed by atoms with Crippen molar-refractivity contribution in [2.75, 3.05) is 26.9 Å². The minimum absolute atomic E-state index is 0.404. The van der Waals surface area contributed by atoms with Crippen molar-refractivity contribution in [3.63, 3.8) is 0 Å². The fraction of sp³-hybridized carbons (Fsp3) is 0.484. The van der Waals surface area contributed by atoms with E-state index in [-0.39, 0.29) is 0 Å². The number of esters is 4. The highest BCUT2D eigenvalue weighted by Crippen LogP contribution is 2.34. The monoisotopic (exact) mass is 680 g/mol. The second-order valence-corrected chi connectivity index (χ2v) is 10.9. The summed E-state index contributed by atoms with van der Waals surface area (Å²) in [5.74, 6) is -1.37. The normalized spacial score (nSPS) is 15.6. The highest BCUT2D eigenvalue weighted by atomic mass is 79.9. The molecule has 3 rings (SSSR count). The molecule has 0 radical (unpaired) electrons. The Labute approximate surface area is 264 Å². The first-order valence-electron chi connectivity index (χ1n) is 13.9. The molecule has 240 valence electrons. The quantitative estimate of drug-likeness (QED) is 0.160. The van der Waals surface area contributed by atoms with Crippen molar-refractivity contribution in [2.45, 2.75) is 71.7 Å². The number of hydrogen-bond donors (Lipinski definition) is 0. The van der Waals surface area contributed by atoms with Gasteiger partial charge in [0.25, 0.3) is 0 Å². The second kappa shape index (κ2) is 16.4. The maximum Gasteiger partial charge on any atom is 0.303 e. The molecule has 5 atom stereocenters. The predicted molar refractivity (Wildman–Crippen MR) is 158 cm³/mol. The van der Waals surface area contributed by atoms with Gasteiger partial charge in [-0.2, -0.15) is 0 Å². The van der Waals surface area contributed by atoms with Crippen molar-refractivity contribution < 1.29 is 57.1 Å². The molecule has 0 aliphatic carbocycles. The van der Waals surface area contributed by atoms with Crippen LogP contribution >= 0.6 is 15.9 Å². The van der Waals surface area contributed by atoms with E-state index in [1.54, 1.807) is 6.07 Å². The largest absolute Gasteiger partial charge is 0.486 e. The molecular weight excluding hydrogens is 644 g/mol. The maximum atomic E-state index is 12.2. The molecule has 0 bridgehead atoms. The number of carbonyl (C=O) groups is 4. The molecule has 1 heterocycles. The lowest BCUT2D eigenvalue weighted by molar-refractivity contribution is -0.230. The number of benzene rings is 2. The zero-order valence-electron chi connectivity index (χ0n) is 25.5. The van der Waals surface area contributed by atoms with Gasteiger partial charge >= 0.3 is 23.9 Å². The van der Waals surface area contributed by atoms with Crippen LogP contribution < -0.4 is 9.47 Å². The molecule has 44 heavy (non-hydrogen) atoms. The summed E-state index contributed by atoms with van der Waals surface area (Å²) in [5.41, 5.74) is 2.47. The Morgan fingerprint density at radius 1 is 0.818 bits per heavy atom. The summed E-state index contributed by atoms with van der Waals surface area (Å²) in [6, 6.07) is 11.2. The van der Waals surface area contributed by atoms with Crippen LogP contribution in [0, 0.1) is 0 Å². The average Bonchev–Trinajstić information content (AvgIpc) is 2.95. The van der Waals surface area contributed by atoms with E-state index in [0.29, 0.717) is 36.7 Å². The highest BCUT2D eigenvalue weighted by Gasteiger charge is 2.42. The van der Waals surface area contributed by atoms with Crippen LogP contribution in [0.5, 0.6) is 11.5 Å². The number of fused-ring (bicyclic) bond motifs is 1. The van der Waals surface area contributed by atoms with E-state index < -0.39 is 61.2 Å². The van der Waals surface area contributed by atoms with Gasteiger partial charge in [-0.05, 0) is 48.7 Å². The van der Waals surface area contributed by atoms with E-state index in [2.05, 4.69) is 15.9 Å². The van der Waals surface area contributed by atoms with Crippen LogP contribution in [-0.2, 0) is 54.0 Å². The summed E-state index contributed by atoms with van der Waals surface area (Å²) in [5, 5.41) is 0. The van der Waals surface area contributed by atoms with Crippen LogP contribution in [0.15, 0.2) is 40.9 Å². The first-order chi connectivity index (χ1) is 20.9. The van der Waals surface area contributed by atoms with Gasteiger partial charge in [-0.3, -0.25) is 19.2 Å². The Balaban J connectivity index is 1.95. The van der Waals surface area contributed by atoms with Crippen molar-refractivity contribution >= 4 is 39.8 Å². The van der Waals surface area contributed by atoms with Gasteiger partial charge in [-0.1, -0.05) is 28.1 Å². The molecule has 0 N–H and O–H groups in total. The third-order valence-corrected chi connectivity index (χ3v) is 7.19. The van der Waals surface area contributed by atoms with Crippen LogP contribution in [0.3, 0.4) is 0 Å². The SMILES string of the molecule is COC(O[C@H](COC(C)=O)[C@@H](OC(C)=O)[C@H](OC(C)=O)[C@H](C)OC(C)=O)c1ccc(Br)c(Cc2ccc3c(c2)OCCO3)c1. The van der Waals surface area contributed by atoms with Crippen LogP contribution in [0.1, 0.15) is 57.6 Å². The Morgan fingerprint density at radius 3 is 2.07 bits per heavy atom. The van der Waals surface area contributed by atoms with E-state index in [1.165, 1.54) is 27.9 Å². The zero-order chi connectivity index (χ0) is 32.4. The highest BCUT2D eigenvalue weighted by molar-refractivity contribution is 9.10. The fourth-order valence-electron chi connectivity index (χ4n) is 4.63. The molecule has 0 amide bonds. The minimum atomic E-state index is -1.37. The molecule has 0 fully saturated rings. The van der Waals surface area contributed by atoms with Gasteiger partial charge in [-0.15, -0.1) is 0 Å². The molecular formula is C31H37BrO12. The predicted octanol–water partition coefficient (Wildman–Crippen LogP) is 4.22. The molecule has 1 aliphatic heterocycles. The molecule has 1 aliphatic rings. The molecule has 0 aromatic heterocycles. The number of methoxy groups -OCH3 is 1. The molecule has 13 heteroatoms. The molecule has 0 spiro atoms. The van der Waals surface area contributed by atoms with Gasteiger partial charge in [0, 0.05) is 44.8 Å². The third-order valence-electron chi connectivity index (χ3n) is 6.42. The van der Waals surface area contributed by atoms with Crippen molar-refractivity contribution in [1.82, 2.24) is 0 Å². The van der Waals surface area contributed by atoms with Gasteiger partial charge in [0.1, 0.15) is 32.0 Å². The van der Waals surface area contributed by atoms with E-state index in [4.69, 9.17) is 37.9 Å². The van der Waals surface area contributed by atoms with Gasteiger partial charge in [0.2, 0.25) is 0 Å². The van der Waals surface area contributed by atoms with Gasteiger partial charge < -0.3 is 37.9 Å². The molecule has 12 nitrogen and oxygen atoms in total. The Bertz CT molecular complexity index is 1330. The maximum absolute atomic E-state index is 12.2. The Kier molecular flexibility index (Phi) is 13.0. The summed E-state index contributed by atoms with van der Waals surface area (Å²) in [6.07, 6.45) is -5.48. The Morgan fingerprint density at radius 2 is 1.45 bits per heavy atom. The van der Waals surface area contributed by atoms with Crippen LogP contribution in [0.4, 0.5) is 0 Å². The molecule has 2 aromatic carbocycles. The number of halogens is 1. The number of rotatable bonds is 14. The van der Waals surface area contributed by atoms with Crippen molar-refractivity contribution in [1.29, 1.82) is 0 Å².